The second kappa shape index (κ2) is 9.29. The Balaban J connectivity index is 1.70. The van der Waals surface area contributed by atoms with Gasteiger partial charge in [0.1, 0.15) is 16.8 Å². The van der Waals surface area contributed by atoms with Crippen molar-refractivity contribution in [1.82, 2.24) is 19.8 Å². The summed E-state index contributed by atoms with van der Waals surface area (Å²) in [6.07, 6.45) is 0.809. The van der Waals surface area contributed by atoms with Crippen molar-refractivity contribution in [3.05, 3.63) is 74.3 Å². The quantitative estimate of drug-likeness (QED) is 0.514. The highest BCUT2D eigenvalue weighted by Gasteiger charge is 2.46. The molecule has 3 atom stereocenters. The molecule has 0 saturated carbocycles. The van der Waals surface area contributed by atoms with Gasteiger partial charge in [-0.3, -0.25) is 0 Å². The molecule has 1 saturated heterocycles. The molecular formula is C24H27ClFN5O4S. The zero-order valence-electron chi connectivity index (χ0n) is 20.1. The number of hydrogen-bond acceptors (Lipinski definition) is 7. The Bertz CT molecular complexity index is 1470. The highest BCUT2D eigenvalue weighted by atomic mass is 35.5. The number of nitrogens with one attached hydrogen (secondary N) is 2. The lowest BCUT2D eigenvalue weighted by Gasteiger charge is -2.44. The van der Waals surface area contributed by atoms with Crippen molar-refractivity contribution in [1.29, 1.82) is 0 Å². The molecule has 0 bridgehead atoms. The first-order valence-electron chi connectivity index (χ1n) is 11.7. The first kappa shape index (κ1) is 24.9. The van der Waals surface area contributed by atoms with E-state index >= 15 is 4.39 Å². The van der Waals surface area contributed by atoms with Crippen LogP contribution in [0.5, 0.6) is 0 Å². The summed E-state index contributed by atoms with van der Waals surface area (Å²) in [7, 11) is -4.11. The molecule has 3 aromatic rings. The number of nitrogens with zero attached hydrogens (tertiary/aromatic N) is 3. The van der Waals surface area contributed by atoms with Crippen molar-refractivity contribution in [3.8, 4) is 0 Å². The lowest BCUT2D eigenvalue weighted by Crippen LogP contribution is -2.53. The van der Waals surface area contributed by atoms with Gasteiger partial charge in [0.15, 0.2) is 0 Å². The molecule has 192 valence electrons. The van der Waals surface area contributed by atoms with E-state index in [1.807, 2.05) is 11.8 Å². The molecule has 2 aliphatic rings. The number of fused-ring (bicyclic) bond motifs is 1. The van der Waals surface area contributed by atoms with Crippen LogP contribution >= 0.6 is 11.6 Å². The fourth-order valence-electron chi connectivity index (χ4n) is 5.29. The van der Waals surface area contributed by atoms with Crippen LogP contribution in [-0.4, -0.2) is 48.7 Å². The Hall–Kier alpha value is -2.73. The fourth-order valence-corrected chi connectivity index (χ4v) is 7.24. The van der Waals surface area contributed by atoms with Crippen molar-refractivity contribution in [2.75, 3.05) is 24.7 Å². The molecule has 2 aromatic carbocycles. The van der Waals surface area contributed by atoms with E-state index in [0.29, 0.717) is 28.4 Å². The average molecular weight is 536 g/mol. The molecule has 1 fully saturated rings. The SMILES string of the molecule is Cc1ccc(F)c([C@@H](C)[C@@H](c2n[nH]c(=O)o2)N2CN([C@@H]3CCNC3)c3cc(Cl)ccc3S2(=O)=O)c1C. The van der Waals surface area contributed by atoms with E-state index in [4.69, 9.17) is 16.0 Å². The lowest BCUT2D eigenvalue weighted by atomic mass is 9.87. The van der Waals surface area contributed by atoms with Gasteiger partial charge in [-0.25, -0.2) is 22.7 Å². The van der Waals surface area contributed by atoms with E-state index in [1.54, 1.807) is 26.0 Å². The van der Waals surface area contributed by atoms with Crippen LogP contribution in [0.2, 0.25) is 5.02 Å². The van der Waals surface area contributed by atoms with Crippen molar-refractivity contribution in [3.63, 3.8) is 0 Å². The molecule has 9 nitrogen and oxygen atoms in total. The Morgan fingerprint density at radius 2 is 2.03 bits per heavy atom. The number of halogens is 2. The molecular weight excluding hydrogens is 509 g/mol. The van der Waals surface area contributed by atoms with Gasteiger partial charge >= 0.3 is 5.76 Å². The number of rotatable bonds is 5. The van der Waals surface area contributed by atoms with Crippen LogP contribution < -0.4 is 16.0 Å². The average Bonchev–Trinajstić information content (AvgIpc) is 3.50. The number of benzene rings is 2. The molecule has 2 aliphatic heterocycles. The van der Waals surface area contributed by atoms with Gasteiger partial charge in [0.25, 0.3) is 0 Å². The monoisotopic (exact) mass is 535 g/mol. The van der Waals surface area contributed by atoms with Crippen LogP contribution in [0.25, 0.3) is 0 Å². The van der Waals surface area contributed by atoms with Crippen molar-refractivity contribution in [2.24, 2.45) is 0 Å². The summed E-state index contributed by atoms with van der Waals surface area (Å²) >= 11 is 6.26. The highest BCUT2D eigenvalue weighted by molar-refractivity contribution is 7.89. The molecule has 2 N–H and O–H groups in total. The molecule has 5 rings (SSSR count). The van der Waals surface area contributed by atoms with Gasteiger partial charge in [-0.15, -0.1) is 5.10 Å². The van der Waals surface area contributed by atoms with Gasteiger partial charge in [-0.05, 0) is 67.8 Å². The van der Waals surface area contributed by atoms with E-state index in [1.165, 1.54) is 22.5 Å². The number of H-pyrrole nitrogens is 1. The molecule has 0 unspecified atom stereocenters. The zero-order chi connectivity index (χ0) is 25.8. The minimum absolute atomic E-state index is 0.0137. The smallest absolute Gasteiger partial charge is 0.391 e. The summed E-state index contributed by atoms with van der Waals surface area (Å²) in [6.45, 7) is 6.80. The van der Waals surface area contributed by atoms with Crippen LogP contribution in [0.1, 0.15) is 47.9 Å². The third-order valence-electron chi connectivity index (χ3n) is 7.26. The molecule has 36 heavy (non-hydrogen) atoms. The Morgan fingerprint density at radius 1 is 1.25 bits per heavy atom. The first-order valence-corrected chi connectivity index (χ1v) is 13.5. The van der Waals surface area contributed by atoms with Gasteiger partial charge in [0.05, 0.1) is 12.4 Å². The molecule has 0 aliphatic carbocycles. The summed E-state index contributed by atoms with van der Waals surface area (Å²) < 4.78 is 49.9. The van der Waals surface area contributed by atoms with Gasteiger partial charge < -0.3 is 14.6 Å². The minimum Gasteiger partial charge on any atom is -0.391 e. The molecule has 0 spiro atoms. The number of aromatic nitrogens is 2. The van der Waals surface area contributed by atoms with Gasteiger partial charge in [0.2, 0.25) is 15.9 Å². The third kappa shape index (κ3) is 4.13. The number of aryl methyl sites for hydroxylation is 1. The maximum absolute atomic E-state index is 15.2. The van der Waals surface area contributed by atoms with Crippen molar-refractivity contribution in [2.45, 2.75) is 50.1 Å². The maximum Gasteiger partial charge on any atom is 0.434 e. The topological polar surface area (TPSA) is 112 Å². The zero-order valence-corrected chi connectivity index (χ0v) is 21.7. The first-order chi connectivity index (χ1) is 17.1. The van der Waals surface area contributed by atoms with Crippen molar-refractivity contribution >= 4 is 27.3 Å². The predicted octanol–water partition coefficient (Wildman–Crippen LogP) is 3.45. The van der Waals surface area contributed by atoms with Crippen molar-refractivity contribution < 1.29 is 17.2 Å². The maximum atomic E-state index is 15.2. The molecule has 0 radical (unpaired) electrons. The lowest BCUT2D eigenvalue weighted by molar-refractivity contribution is 0.230. The van der Waals surface area contributed by atoms with E-state index in [9.17, 15) is 13.2 Å². The third-order valence-corrected chi connectivity index (χ3v) is 9.36. The van der Waals surface area contributed by atoms with Crippen LogP contribution in [0.4, 0.5) is 10.1 Å². The highest BCUT2D eigenvalue weighted by Crippen LogP contribution is 2.45. The number of hydrogen-bond donors (Lipinski definition) is 2. The fraction of sp³-hybridized carbons (Fsp3) is 0.417. The second-order valence-electron chi connectivity index (χ2n) is 9.35. The predicted molar refractivity (Wildman–Crippen MR) is 133 cm³/mol. The Kier molecular flexibility index (Phi) is 6.44. The summed E-state index contributed by atoms with van der Waals surface area (Å²) in [6, 6.07) is 6.63. The number of sulfonamides is 1. The second-order valence-corrected chi connectivity index (χ2v) is 11.6. The Morgan fingerprint density at radius 3 is 2.69 bits per heavy atom. The van der Waals surface area contributed by atoms with Gasteiger partial charge in [-0.2, -0.15) is 4.31 Å². The van der Waals surface area contributed by atoms with E-state index in [0.717, 1.165) is 18.5 Å². The van der Waals surface area contributed by atoms with Crippen LogP contribution in [0.3, 0.4) is 0 Å². The largest absolute Gasteiger partial charge is 0.434 e. The number of anilines is 1. The molecule has 1 aromatic heterocycles. The van der Waals surface area contributed by atoms with Gasteiger partial charge in [-0.1, -0.05) is 24.6 Å². The van der Waals surface area contributed by atoms with Crippen LogP contribution in [-0.2, 0) is 10.0 Å². The van der Waals surface area contributed by atoms with E-state index < -0.39 is 33.6 Å². The molecule has 0 amide bonds. The molecule has 3 heterocycles. The Labute approximate surface area is 213 Å². The summed E-state index contributed by atoms with van der Waals surface area (Å²) in [5, 5.41) is 9.96. The van der Waals surface area contributed by atoms with E-state index in [-0.39, 0.29) is 23.5 Å². The standard InChI is InChI=1S/C24H27ClFN5O4S/c1-13-4-6-18(26)21(14(13)2)15(3)22(23-28-29-24(32)35-23)31-12-30(17-8-9-27-11-17)19-10-16(25)5-7-20(19)36(31,33)34/h4-7,10,15,17,22,27H,8-9,11-12H2,1-3H3,(H,29,32)/t15-,17-,22+/m1/s1. The summed E-state index contributed by atoms with van der Waals surface area (Å²) in [4.78, 5) is 14.0. The van der Waals surface area contributed by atoms with E-state index in [2.05, 4.69) is 15.5 Å². The molecule has 12 heteroatoms. The number of aromatic amines is 1. The minimum atomic E-state index is -4.11. The van der Waals surface area contributed by atoms with Crippen LogP contribution in [0.15, 0.2) is 44.4 Å². The normalized spacial score (nSPS) is 21.4. The van der Waals surface area contributed by atoms with Crippen LogP contribution in [0, 0.1) is 19.7 Å². The summed E-state index contributed by atoms with van der Waals surface area (Å²) in [5.74, 6) is -2.14. The van der Waals surface area contributed by atoms with Gasteiger partial charge in [0, 0.05) is 23.5 Å². The summed E-state index contributed by atoms with van der Waals surface area (Å²) in [5.41, 5.74) is 2.42.